The van der Waals surface area contributed by atoms with Gasteiger partial charge < -0.3 is 15.7 Å². The summed E-state index contributed by atoms with van der Waals surface area (Å²) >= 11 is 0. The first kappa shape index (κ1) is 15.8. The summed E-state index contributed by atoms with van der Waals surface area (Å²) in [4.78, 5) is 23.0. The molecule has 0 aromatic heterocycles. The highest BCUT2D eigenvalue weighted by atomic mass is 16.4. The van der Waals surface area contributed by atoms with Crippen LogP contribution in [0.1, 0.15) is 52.4 Å². The largest absolute Gasteiger partial charge is 0.481 e. The molecule has 0 aromatic carbocycles. The summed E-state index contributed by atoms with van der Waals surface area (Å²) in [6, 6.07) is -0.476. The molecule has 1 rings (SSSR count). The molecule has 1 aliphatic rings. The number of aliphatic carboxylic acids is 1. The van der Waals surface area contributed by atoms with Crippen LogP contribution in [0.5, 0.6) is 0 Å². The molecule has 1 fully saturated rings. The van der Waals surface area contributed by atoms with E-state index in [2.05, 4.69) is 24.5 Å². The zero-order valence-electron chi connectivity index (χ0n) is 11.9. The average Bonchev–Trinajstić information content (AvgIpc) is 2.61. The first-order valence-corrected chi connectivity index (χ1v) is 7.31. The van der Waals surface area contributed by atoms with Gasteiger partial charge in [-0.15, -0.1) is 0 Å². The molecular formula is C14H26N2O3. The van der Waals surface area contributed by atoms with Gasteiger partial charge in [0.25, 0.3) is 0 Å². The van der Waals surface area contributed by atoms with Crippen molar-refractivity contribution in [3.8, 4) is 0 Å². The fourth-order valence-corrected chi connectivity index (χ4v) is 2.41. The van der Waals surface area contributed by atoms with Crippen LogP contribution >= 0.6 is 0 Å². The molecule has 0 heterocycles. The smallest absolute Gasteiger partial charge is 0.315 e. The lowest BCUT2D eigenvalue weighted by atomic mass is 9.95. The van der Waals surface area contributed by atoms with Gasteiger partial charge >= 0.3 is 12.0 Å². The van der Waals surface area contributed by atoms with Crippen molar-refractivity contribution in [2.24, 2.45) is 11.8 Å². The summed E-state index contributed by atoms with van der Waals surface area (Å²) in [7, 11) is 0. The molecule has 0 aromatic rings. The molecule has 110 valence electrons. The Labute approximate surface area is 115 Å². The molecule has 2 amide bonds. The van der Waals surface area contributed by atoms with Crippen LogP contribution in [-0.2, 0) is 4.79 Å². The standard InChI is InChI=1S/C14H26N2O3/c1-3-10(2)9-15-14(19)16-12-8-6-4-5-7-11(12)13(17)18/h10-12H,3-9H2,1-2H3,(H,17,18)(H2,15,16,19). The first-order valence-electron chi connectivity index (χ1n) is 7.31. The molecule has 0 radical (unpaired) electrons. The molecule has 1 aliphatic carbocycles. The van der Waals surface area contributed by atoms with E-state index in [0.29, 0.717) is 18.9 Å². The van der Waals surface area contributed by atoms with Crippen molar-refractivity contribution in [3.05, 3.63) is 0 Å². The summed E-state index contributed by atoms with van der Waals surface area (Å²) in [5.41, 5.74) is 0. The number of urea groups is 1. The molecule has 19 heavy (non-hydrogen) atoms. The van der Waals surface area contributed by atoms with E-state index in [0.717, 1.165) is 32.1 Å². The van der Waals surface area contributed by atoms with Crippen LogP contribution in [0.25, 0.3) is 0 Å². The van der Waals surface area contributed by atoms with Crippen LogP contribution in [0.4, 0.5) is 4.79 Å². The minimum absolute atomic E-state index is 0.238. The summed E-state index contributed by atoms with van der Waals surface area (Å²) in [6.07, 6.45) is 5.40. The SMILES string of the molecule is CCC(C)CNC(=O)NC1CCCCCC1C(=O)O. The van der Waals surface area contributed by atoms with Crippen LogP contribution in [0, 0.1) is 11.8 Å². The second-order valence-corrected chi connectivity index (χ2v) is 5.56. The molecule has 5 nitrogen and oxygen atoms in total. The van der Waals surface area contributed by atoms with Crippen LogP contribution in [0.2, 0.25) is 0 Å². The topological polar surface area (TPSA) is 78.4 Å². The molecule has 1 saturated carbocycles. The lowest BCUT2D eigenvalue weighted by Gasteiger charge is -2.23. The molecule has 0 saturated heterocycles. The third kappa shape index (κ3) is 5.49. The van der Waals surface area contributed by atoms with Crippen molar-refractivity contribution >= 4 is 12.0 Å². The number of hydrogen-bond acceptors (Lipinski definition) is 2. The van der Waals surface area contributed by atoms with Crippen molar-refractivity contribution in [2.45, 2.75) is 58.4 Å². The molecule has 5 heteroatoms. The Balaban J connectivity index is 2.46. The number of carboxylic acids is 1. The van der Waals surface area contributed by atoms with Gasteiger partial charge in [-0.25, -0.2) is 4.79 Å². The molecular weight excluding hydrogens is 244 g/mol. The Hall–Kier alpha value is -1.26. The van der Waals surface area contributed by atoms with E-state index in [9.17, 15) is 14.7 Å². The zero-order chi connectivity index (χ0) is 14.3. The Bertz CT molecular complexity index is 307. The zero-order valence-corrected chi connectivity index (χ0v) is 11.9. The highest BCUT2D eigenvalue weighted by molar-refractivity contribution is 5.76. The maximum absolute atomic E-state index is 11.8. The van der Waals surface area contributed by atoms with E-state index >= 15 is 0 Å². The predicted octanol–water partition coefficient (Wildman–Crippen LogP) is 2.37. The van der Waals surface area contributed by atoms with E-state index in [1.54, 1.807) is 0 Å². The fraction of sp³-hybridized carbons (Fsp3) is 0.857. The number of rotatable bonds is 5. The Kier molecular flexibility index (Phi) is 6.67. The quantitative estimate of drug-likeness (QED) is 0.671. The Morgan fingerprint density at radius 3 is 2.58 bits per heavy atom. The number of carbonyl (C=O) groups excluding carboxylic acids is 1. The van der Waals surface area contributed by atoms with Crippen LogP contribution in [0.15, 0.2) is 0 Å². The van der Waals surface area contributed by atoms with E-state index in [-0.39, 0.29) is 12.1 Å². The van der Waals surface area contributed by atoms with Gasteiger partial charge in [-0.2, -0.15) is 0 Å². The second-order valence-electron chi connectivity index (χ2n) is 5.56. The van der Waals surface area contributed by atoms with Crippen molar-refractivity contribution in [2.75, 3.05) is 6.54 Å². The molecule has 0 spiro atoms. The van der Waals surface area contributed by atoms with Gasteiger partial charge in [0.2, 0.25) is 0 Å². The molecule has 0 aliphatic heterocycles. The van der Waals surface area contributed by atoms with E-state index in [1.807, 2.05) is 0 Å². The number of hydrogen-bond donors (Lipinski definition) is 3. The first-order chi connectivity index (χ1) is 9.04. The summed E-state index contributed by atoms with van der Waals surface area (Å²) in [5, 5.41) is 14.9. The van der Waals surface area contributed by atoms with Gasteiger partial charge in [-0.1, -0.05) is 39.5 Å². The van der Waals surface area contributed by atoms with Crippen LogP contribution < -0.4 is 10.6 Å². The maximum Gasteiger partial charge on any atom is 0.315 e. The number of carboxylic acid groups (broad SMARTS) is 1. The van der Waals surface area contributed by atoms with Crippen molar-refractivity contribution < 1.29 is 14.7 Å². The van der Waals surface area contributed by atoms with Crippen LogP contribution in [-0.4, -0.2) is 29.7 Å². The van der Waals surface area contributed by atoms with Gasteiger partial charge in [0.15, 0.2) is 0 Å². The number of carbonyl (C=O) groups is 2. The van der Waals surface area contributed by atoms with Gasteiger partial charge in [-0.3, -0.25) is 4.79 Å². The lowest BCUT2D eigenvalue weighted by Crippen LogP contribution is -2.47. The van der Waals surface area contributed by atoms with Crippen molar-refractivity contribution in [1.82, 2.24) is 10.6 Å². The molecule has 3 N–H and O–H groups in total. The normalized spacial score (nSPS) is 25.2. The number of amides is 2. The van der Waals surface area contributed by atoms with Gasteiger partial charge in [0.05, 0.1) is 5.92 Å². The molecule has 0 bridgehead atoms. The third-order valence-corrected chi connectivity index (χ3v) is 3.96. The third-order valence-electron chi connectivity index (χ3n) is 3.96. The maximum atomic E-state index is 11.8. The van der Waals surface area contributed by atoms with Gasteiger partial charge in [0.1, 0.15) is 0 Å². The summed E-state index contributed by atoms with van der Waals surface area (Å²) < 4.78 is 0. The Morgan fingerprint density at radius 2 is 1.95 bits per heavy atom. The molecule has 3 atom stereocenters. The van der Waals surface area contributed by atoms with Gasteiger partial charge in [0, 0.05) is 12.6 Å². The minimum Gasteiger partial charge on any atom is -0.481 e. The average molecular weight is 270 g/mol. The number of nitrogens with one attached hydrogen (secondary N) is 2. The Morgan fingerprint density at radius 1 is 1.26 bits per heavy atom. The predicted molar refractivity (Wildman–Crippen MR) is 74.0 cm³/mol. The fourth-order valence-electron chi connectivity index (χ4n) is 2.41. The van der Waals surface area contributed by atoms with Crippen molar-refractivity contribution in [3.63, 3.8) is 0 Å². The second kappa shape index (κ2) is 8.02. The summed E-state index contributed by atoms with van der Waals surface area (Å²) in [5.74, 6) is -0.805. The summed E-state index contributed by atoms with van der Waals surface area (Å²) in [6.45, 7) is 4.79. The van der Waals surface area contributed by atoms with Crippen LogP contribution in [0.3, 0.4) is 0 Å². The monoisotopic (exact) mass is 270 g/mol. The molecule has 3 unspecified atom stereocenters. The van der Waals surface area contributed by atoms with E-state index in [1.165, 1.54) is 0 Å². The highest BCUT2D eigenvalue weighted by Gasteiger charge is 2.30. The highest BCUT2D eigenvalue weighted by Crippen LogP contribution is 2.23. The van der Waals surface area contributed by atoms with Gasteiger partial charge in [-0.05, 0) is 18.8 Å². The van der Waals surface area contributed by atoms with E-state index < -0.39 is 11.9 Å². The lowest BCUT2D eigenvalue weighted by molar-refractivity contribution is -0.142. The van der Waals surface area contributed by atoms with E-state index in [4.69, 9.17) is 0 Å². The van der Waals surface area contributed by atoms with Crippen molar-refractivity contribution in [1.29, 1.82) is 0 Å². The minimum atomic E-state index is -0.797.